The highest BCUT2D eigenvalue weighted by atomic mass is 35.5. The molecule has 0 heterocycles. The van der Waals surface area contributed by atoms with Crippen molar-refractivity contribution in [1.82, 2.24) is 10.2 Å². The van der Waals surface area contributed by atoms with Gasteiger partial charge in [0, 0.05) is 27.3 Å². The molecule has 0 saturated carbocycles. The SMILES string of the molecule is COCCCN(C)C(=O)C(CCSC)NC(=O)c1ccccc1Cl. The van der Waals surface area contributed by atoms with Gasteiger partial charge in [-0.1, -0.05) is 23.7 Å². The number of halogens is 1. The predicted octanol–water partition coefficient (Wildman–Crippen LogP) is 2.69. The van der Waals surface area contributed by atoms with Gasteiger partial charge in [-0.15, -0.1) is 0 Å². The molecule has 1 aromatic rings. The van der Waals surface area contributed by atoms with Crippen molar-refractivity contribution in [2.24, 2.45) is 0 Å². The Morgan fingerprint density at radius 1 is 1.38 bits per heavy atom. The zero-order valence-electron chi connectivity index (χ0n) is 14.4. The Morgan fingerprint density at radius 3 is 2.71 bits per heavy atom. The summed E-state index contributed by atoms with van der Waals surface area (Å²) in [5.74, 6) is 0.358. The van der Waals surface area contributed by atoms with Crippen LogP contribution >= 0.6 is 23.4 Å². The van der Waals surface area contributed by atoms with E-state index in [1.165, 1.54) is 0 Å². The average molecular weight is 373 g/mol. The van der Waals surface area contributed by atoms with Gasteiger partial charge in [0.05, 0.1) is 10.6 Å². The Morgan fingerprint density at radius 2 is 2.08 bits per heavy atom. The highest BCUT2D eigenvalue weighted by molar-refractivity contribution is 7.98. The van der Waals surface area contributed by atoms with E-state index in [0.29, 0.717) is 30.2 Å². The number of hydrogen-bond donors (Lipinski definition) is 1. The summed E-state index contributed by atoms with van der Waals surface area (Å²) < 4.78 is 5.01. The minimum atomic E-state index is -0.561. The van der Waals surface area contributed by atoms with Gasteiger partial charge in [-0.3, -0.25) is 9.59 Å². The zero-order valence-corrected chi connectivity index (χ0v) is 16.0. The number of thioether (sulfide) groups is 1. The van der Waals surface area contributed by atoms with E-state index in [9.17, 15) is 9.59 Å². The lowest BCUT2D eigenvalue weighted by molar-refractivity contribution is -0.132. The molecule has 0 aliphatic heterocycles. The molecule has 0 radical (unpaired) electrons. The van der Waals surface area contributed by atoms with Gasteiger partial charge in [0.25, 0.3) is 5.91 Å². The first kappa shape index (κ1) is 20.8. The molecule has 1 atom stereocenters. The van der Waals surface area contributed by atoms with E-state index in [-0.39, 0.29) is 11.8 Å². The molecule has 24 heavy (non-hydrogen) atoms. The molecule has 7 heteroatoms. The number of hydrogen-bond acceptors (Lipinski definition) is 4. The van der Waals surface area contributed by atoms with Crippen molar-refractivity contribution in [2.75, 3.05) is 39.3 Å². The first-order chi connectivity index (χ1) is 11.5. The van der Waals surface area contributed by atoms with Crippen LogP contribution in [-0.4, -0.2) is 62.1 Å². The summed E-state index contributed by atoms with van der Waals surface area (Å²) in [5, 5.41) is 3.20. The van der Waals surface area contributed by atoms with Gasteiger partial charge in [-0.05, 0) is 37.0 Å². The zero-order chi connectivity index (χ0) is 17.9. The Bertz CT molecular complexity index is 542. The first-order valence-corrected chi connectivity index (χ1v) is 9.56. The number of likely N-dealkylation sites (N-methyl/N-ethyl adjacent to an activating group) is 1. The minimum Gasteiger partial charge on any atom is -0.385 e. The second kappa shape index (κ2) is 11.3. The predicted molar refractivity (Wildman–Crippen MR) is 99.8 cm³/mol. The molecule has 0 aromatic heterocycles. The largest absolute Gasteiger partial charge is 0.385 e. The number of nitrogens with one attached hydrogen (secondary N) is 1. The Kier molecular flexibility index (Phi) is 9.83. The number of ether oxygens (including phenoxy) is 1. The molecule has 1 rings (SSSR count). The van der Waals surface area contributed by atoms with Gasteiger partial charge < -0.3 is 15.0 Å². The van der Waals surface area contributed by atoms with Gasteiger partial charge in [-0.2, -0.15) is 11.8 Å². The van der Waals surface area contributed by atoms with Crippen LogP contribution < -0.4 is 5.32 Å². The molecular formula is C17H25ClN2O3S. The monoisotopic (exact) mass is 372 g/mol. The third-order valence-electron chi connectivity index (χ3n) is 3.55. The Labute approximate surface area is 153 Å². The fraction of sp³-hybridized carbons (Fsp3) is 0.529. The minimum absolute atomic E-state index is 0.0967. The van der Waals surface area contributed by atoms with E-state index < -0.39 is 6.04 Å². The summed E-state index contributed by atoms with van der Waals surface area (Å²) in [6.45, 7) is 1.18. The molecule has 1 unspecified atom stereocenters. The van der Waals surface area contributed by atoms with Gasteiger partial charge in [0.2, 0.25) is 5.91 Å². The van der Waals surface area contributed by atoms with Crippen molar-refractivity contribution in [3.8, 4) is 0 Å². The van der Waals surface area contributed by atoms with Gasteiger partial charge in [-0.25, -0.2) is 0 Å². The van der Waals surface area contributed by atoms with Gasteiger partial charge in [0.15, 0.2) is 0 Å². The molecule has 1 N–H and O–H groups in total. The van der Waals surface area contributed by atoms with E-state index in [1.807, 2.05) is 6.26 Å². The third-order valence-corrected chi connectivity index (χ3v) is 4.52. The highest BCUT2D eigenvalue weighted by Crippen LogP contribution is 2.15. The third kappa shape index (κ3) is 6.71. The van der Waals surface area contributed by atoms with Crippen LogP contribution in [0.2, 0.25) is 5.02 Å². The van der Waals surface area contributed by atoms with Crippen LogP contribution in [0.3, 0.4) is 0 Å². The lowest BCUT2D eigenvalue weighted by Crippen LogP contribution is -2.48. The Balaban J connectivity index is 2.75. The maximum atomic E-state index is 12.6. The molecule has 0 saturated heterocycles. The number of carbonyl (C=O) groups excluding carboxylic acids is 2. The maximum Gasteiger partial charge on any atom is 0.253 e. The molecule has 0 spiro atoms. The Hall–Kier alpha value is -1.24. The molecule has 0 fully saturated rings. The summed E-state index contributed by atoms with van der Waals surface area (Å²) in [6.07, 6.45) is 3.30. The van der Waals surface area contributed by atoms with Crippen LogP contribution in [0.1, 0.15) is 23.2 Å². The summed E-state index contributed by atoms with van der Waals surface area (Å²) in [7, 11) is 3.37. The second-order valence-electron chi connectivity index (χ2n) is 5.39. The standard InChI is InChI=1S/C17H25ClN2O3S/c1-20(10-6-11-23-2)17(22)15(9-12-24-3)19-16(21)13-7-4-5-8-14(13)18/h4-5,7-8,15H,6,9-12H2,1-3H3,(H,19,21). The van der Waals surface area contributed by atoms with E-state index in [1.54, 1.807) is 55.1 Å². The van der Waals surface area contributed by atoms with Crippen LogP contribution in [0.25, 0.3) is 0 Å². The molecular weight excluding hydrogens is 348 g/mol. The molecule has 0 aliphatic rings. The van der Waals surface area contributed by atoms with Crippen molar-refractivity contribution >= 4 is 35.2 Å². The fourth-order valence-electron chi connectivity index (χ4n) is 2.20. The molecule has 0 bridgehead atoms. The summed E-state index contributed by atoms with van der Waals surface area (Å²) in [6, 6.07) is 6.26. The van der Waals surface area contributed by atoms with Crippen LogP contribution in [0.5, 0.6) is 0 Å². The van der Waals surface area contributed by atoms with Crippen molar-refractivity contribution in [2.45, 2.75) is 18.9 Å². The number of amides is 2. The topological polar surface area (TPSA) is 58.6 Å². The summed E-state index contributed by atoms with van der Waals surface area (Å²) >= 11 is 7.70. The molecule has 134 valence electrons. The number of benzene rings is 1. The number of nitrogens with zero attached hydrogens (tertiary/aromatic N) is 1. The number of methoxy groups -OCH3 is 1. The lowest BCUT2D eigenvalue weighted by Gasteiger charge is -2.24. The van der Waals surface area contributed by atoms with Crippen molar-refractivity contribution in [3.63, 3.8) is 0 Å². The van der Waals surface area contributed by atoms with Crippen LogP contribution in [0.15, 0.2) is 24.3 Å². The normalized spacial score (nSPS) is 11.8. The maximum absolute atomic E-state index is 12.6. The van der Waals surface area contributed by atoms with E-state index in [2.05, 4.69) is 5.32 Å². The van der Waals surface area contributed by atoms with Crippen LogP contribution in [0, 0.1) is 0 Å². The van der Waals surface area contributed by atoms with E-state index in [4.69, 9.17) is 16.3 Å². The van der Waals surface area contributed by atoms with Crippen molar-refractivity contribution in [1.29, 1.82) is 0 Å². The first-order valence-electron chi connectivity index (χ1n) is 7.79. The lowest BCUT2D eigenvalue weighted by atomic mass is 10.1. The average Bonchev–Trinajstić information content (AvgIpc) is 2.58. The van der Waals surface area contributed by atoms with Gasteiger partial charge >= 0.3 is 0 Å². The highest BCUT2D eigenvalue weighted by Gasteiger charge is 2.24. The van der Waals surface area contributed by atoms with E-state index in [0.717, 1.165) is 12.2 Å². The molecule has 2 amide bonds. The summed E-state index contributed by atoms with van der Waals surface area (Å²) in [4.78, 5) is 26.7. The molecule has 0 aliphatic carbocycles. The van der Waals surface area contributed by atoms with Crippen LogP contribution in [0.4, 0.5) is 0 Å². The van der Waals surface area contributed by atoms with E-state index >= 15 is 0 Å². The molecule has 5 nitrogen and oxygen atoms in total. The molecule has 1 aromatic carbocycles. The second-order valence-corrected chi connectivity index (χ2v) is 6.79. The van der Waals surface area contributed by atoms with Crippen molar-refractivity contribution in [3.05, 3.63) is 34.9 Å². The van der Waals surface area contributed by atoms with Gasteiger partial charge in [0.1, 0.15) is 6.04 Å². The quantitative estimate of drug-likeness (QED) is 0.641. The number of rotatable bonds is 10. The smallest absolute Gasteiger partial charge is 0.253 e. The van der Waals surface area contributed by atoms with Crippen molar-refractivity contribution < 1.29 is 14.3 Å². The number of carbonyl (C=O) groups is 2. The summed E-state index contributed by atoms with van der Waals surface area (Å²) in [5.41, 5.74) is 0.378. The fourth-order valence-corrected chi connectivity index (χ4v) is 2.89. The van der Waals surface area contributed by atoms with Crippen LogP contribution in [-0.2, 0) is 9.53 Å².